The molecule has 4 fully saturated rings. The summed E-state index contributed by atoms with van der Waals surface area (Å²) in [5.74, 6) is -7.19. The van der Waals surface area contributed by atoms with Crippen LogP contribution in [0.1, 0.15) is 49.7 Å². The number of amides is 3. The number of piperidine rings is 3. The number of benzene rings is 2. The van der Waals surface area contributed by atoms with E-state index in [1.807, 2.05) is 6.07 Å². The van der Waals surface area contributed by atoms with Crippen LogP contribution in [0, 0.1) is 23.2 Å². The van der Waals surface area contributed by atoms with Gasteiger partial charge in [-0.2, -0.15) is 5.26 Å². The lowest BCUT2D eigenvalue weighted by molar-refractivity contribution is -0.201. The first-order valence-electron chi connectivity index (χ1n) is 13.9. The van der Waals surface area contributed by atoms with E-state index in [-0.39, 0.29) is 41.3 Å². The van der Waals surface area contributed by atoms with E-state index in [0.29, 0.717) is 24.1 Å². The van der Waals surface area contributed by atoms with Crippen molar-refractivity contribution in [3.8, 4) is 17.2 Å². The van der Waals surface area contributed by atoms with Gasteiger partial charge < -0.3 is 20.6 Å². The van der Waals surface area contributed by atoms with E-state index < -0.39 is 59.7 Å². The van der Waals surface area contributed by atoms with Crippen LogP contribution in [0.3, 0.4) is 0 Å². The zero-order valence-corrected chi connectivity index (χ0v) is 22.8. The molecular formula is C30H29ClF2N4O4. The predicted molar refractivity (Wildman–Crippen MR) is 144 cm³/mol. The summed E-state index contributed by atoms with van der Waals surface area (Å²) in [5, 5.41) is 27.6. The number of carbonyl (C=O) groups excluding carboxylic acids is 3. The van der Waals surface area contributed by atoms with Crippen LogP contribution in [0.2, 0.25) is 5.02 Å². The maximum Gasteiger partial charge on any atom is 0.264 e. The minimum absolute atomic E-state index is 0.0131. The smallest absolute Gasteiger partial charge is 0.264 e. The third-order valence-corrected chi connectivity index (χ3v) is 9.35. The highest BCUT2D eigenvalue weighted by atomic mass is 35.5. The Bertz CT molecular complexity index is 1480. The van der Waals surface area contributed by atoms with Crippen molar-refractivity contribution in [1.82, 2.24) is 15.5 Å². The number of carbonyl (C=O) groups is 3. The first-order valence-corrected chi connectivity index (χ1v) is 14.2. The molecule has 8 nitrogen and oxygen atoms in total. The highest BCUT2D eigenvalue weighted by Gasteiger charge is 2.63. The summed E-state index contributed by atoms with van der Waals surface area (Å²) in [5.41, 5.74) is -0.546. The lowest BCUT2D eigenvalue weighted by Gasteiger charge is -2.54. The molecule has 6 atom stereocenters. The number of nitriles is 1. The molecule has 1 saturated carbocycles. The van der Waals surface area contributed by atoms with Gasteiger partial charge in [0.2, 0.25) is 11.8 Å². The quantitative estimate of drug-likeness (QED) is 0.498. The van der Waals surface area contributed by atoms with Gasteiger partial charge in [0.15, 0.2) is 5.60 Å². The number of alkyl halides is 2. The molecule has 0 spiro atoms. The summed E-state index contributed by atoms with van der Waals surface area (Å²) in [6, 6.07) is 9.88. The molecule has 11 heteroatoms. The summed E-state index contributed by atoms with van der Waals surface area (Å²) in [7, 11) is 0. The number of rotatable bonds is 5. The monoisotopic (exact) mass is 582 g/mol. The summed E-state index contributed by atoms with van der Waals surface area (Å²) in [6.45, 7) is 0.538. The number of aliphatic hydroxyl groups is 1. The molecule has 7 rings (SSSR count). The van der Waals surface area contributed by atoms with Crippen molar-refractivity contribution in [2.75, 3.05) is 6.54 Å². The van der Waals surface area contributed by atoms with Gasteiger partial charge >= 0.3 is 0 Å². The van der Waals surface area contributed by atoms with Crippen molar-refractivity contribution in [3.63, 3.8) is 0 Å². The Hall–Kier alpha value is -3.55. The number of halogens is 3. The van der Waals surface area contributed by atoms with Gasteiger partial charge in [0, 0.05) is 41.1 Å². The van der Waals surface area contributed by atoms with Crippen molar-refractivity contribution >= 4 is 29.3 Å². The molecule has 2 aromatic rings. The van der Waals surface area contributed by atoms with Gasteiger partial charge in [0.25, 0.3) is 11.8 Å². The molecule has 3 aliphatic heterocycles. The van der Waals surface area contributed by atoms with Gasteiger partial charge in [-0.25, -0.2) is 8.78 Å². The van der Waals surface area contributed by atoms with Gasteiger partial charge in [-0.1, -0.05) is 41.9 Å². The first kappa shape index (κ1) is 27.6. The molecule has 2 bridgehead atoms. The van der Waals surface area contributed by atoms with Crippen LogP contribution in [-0.2, 0) is 20.0 Å². The summed E-state index contributed by atoms with van der Waals surface area (Å²) in [4.78, 5) is 41.6. The highest BCUT2D eigenvalue weighted by Crippen LogP contribution is 2.54. The van der Waals surface area contributed by atoms with Crippen LogP contribution in [0.15, 0.2) is 42.5 Å². The van der Waals surface area contributed by atoms with Crippen LogP contribution >= 0.6 is 11.6 Å². The molecule has 3 N–H and O–H groups in total. The van der Waals surface area contributed by atoms with Crippen molar-refractivity contribution in [2.45, 2.75) is 68.2 Å². The van der Waals surface area contributed by atoms with E-state index in [1.54, 1.807) is 36.4 Å². The van der Waals surface area contributed by atoms with Crippen LogP contribution in [0.5, 0.6) is 0 Å². The van der Waals surface area contributed by atoms with Crippen LogP contribution < -0.4 is 10.6 Å². The Labute approximate surface area is 240 Å². The number of fused-ring (bicyclic) bond motifs is 6. The summed E-state index contributed by atoms with van der Waals surface area (Å²) < 4.78 is 30.6. The van der Waals surface area contributed by atoms with Crippen molar-refractivity contribution in [3.05, 3.63) is 58.6 Å². The molecule has 2 aliphatic carbocycles. The molecule has 41 heavy (non-hydrogen) atoms. The Balaban J connectivity index is 1.36. The molecule has 0 unspecified atom stereocenters. The Morgan fingerprint density at radius 3 is 2.66 bits per heavy atom. The van der Waals surface area contributed by atoms with Crippen LogP contribution in [-0.4, -0.2) is 58.3 Å². The van der Waals surface area contributed by atoms with E-state index in [2.05, 4.69) is 10.6 Å². The molecule has 3 saturated heterocycles. The average molecular weight is 583 g/mol. The predicted octanol–water partition coefficient (Wildman–Crippen LogP) is 3.50. The van der Waals surface area contributed by atoms with Crippen LogP contribution in [0.4, 0.5) is 8.78 Å². The largest absolute Gasteiger partial charge is 0.372 e. The minimum atomic E-state index is -3.22. The lowest BCUT2D eigenvalue weighted by atomic mass is 9.70. The molecule has 5 aliphatic rings. The molecule has 3 amide bonds. The topological polar surface area (TPSA) is 123 Å². The van der Waals surface area contributed by atoms with Crippen LogP contribution in [0.25, 0.3) is 11.1 Å². The van der Waals surface area contributed by atoms with E-state index in [9.17, 15) is 24.8 Å². The van der Waals surface area contributed by atoms with Gasteiger partial charge in [-0.3, -0.25) is 14.4 Å². The number of hydrogen-bond acceptors (Lipinski definition) is 5. The van der Waals surface area contributed by atoms with E-state index >= 15 is 8.78 Å². The lowest BCUT2D eigenvalue weighted by Crippen LogP contribution is -2.70. The SMILES string of the molecule is N#C[C@@H](C[C@H]1CCCNC1=O)NC(=O)[C@H]1[C@@H]2CC[C@@H](CC2(F)F)N1C(=O)[C@@]1(O)c2ccccc2-c2ccc(Cl)cc21. The van der Waals surface area contributed by atoms with E-state index in [0.717, 1.165) is 11.3 Å². The van der Waals surface area contributed by atoms with Crippen molar-refractivity contribution in [1.29, 1.82) is 5.26 Å². The molecule has 3 heterocycles. The summed E-state index contributed by atoms with van der Waals surface area (Å²) >= 11 is 6.27. The fourth-order valence-electron chi connectivity index (χ4n) is 7.19. The van der Waals surface area contributed by atoms with Gasteiger partial charge in [-0.15, -0.1) is 0 Å². The number of nitrogens with zero attached hydrogens (tertiary/aromatic N) is 2. The van der Waals surface area contributed by atoms with Gasteiger partial charge in [-0.05, 0) is 55.4 Å². The zero-order chi connectivity index (χ0) is 29.1. The highest BCUT2D eigenvalue weighted by molar-refractivity contribution is 6.31. The maximum absolute atomic E-state index is 15.3. The molecule has 0 radical (unpaired) electrons. The van der Waals surface area contributed by atoms with E-state index in [4.69, 9.17) is 11.6 Å². The number of hydrogen-bond donors (Lipinski definition) is 3. The standard InChI is InChI=1S/C30H29ClF2N4O4/c31-17-7-9-21-20-5-1-2-6-22(20)30(41,24(21)13-17)28(40)37-19-8-10-23(29(32,33)14-19)25(37)27(39)36-18(15-34)12-16-4-3-11-35-26(16)38/h1-2,5-7,9,13,16,18-19,23,25,41H,3-4,8,10-12,14H2,(H,35,38)(H,36,39)/t16-,18-,19+,23+,25-,30-/m1/s1. The molecule has 0 aromatic heterocycles. The fourth-order valence-corrected chi connectivity index (χ4v) is 7.36. The molecule has 214 valence electrons. The third kappa shape index (κ3) is 4.37. The second-order valence-corrected chi connectivity index (χ2v) is 11.9. The maximum atomic E-state index is 15.3. The molecular weight excluding hydrogens is 554 g/mol. The zero-order valence-electron chi connectivity index (χ0n) is 22.1. The average Bonchev–Trinajstić information content (AvgIpc) is 3.21. The van der Waals surface area contributed by atoms with Gasteiger partial charge in [0.1, 0.15) is 12.1 Å². The minimum Gasteiger partial charge on any atom is -0.372 e. The Kier molecular flexibility index (Phi) is 6.78. The third-order valence-electron chi connectivity index (χ3n) is 9.12. The van der Waals surface area contributed by atoms with E-state index in [1.165, 1.54) is 6.07 Å². The van der Waals surface area contributed by atoms with Crippen molar-refractivity contribution < 1.29 is 28.3 Å². The second-order valence-electron chi connectivity index (χ2n) is 11.5. The molecule has 2 aromatic carbocycles. The summed E-state index contributed by atoms with van der Waals surface area (Å²) in [6.07, 6.45) is 0.943. The Morgan fingerprint density at radius 1 is 1.17 bits per heavy atom. The first-order chi connectivity index (χ1) is 19.6. The van der Waals surface area contributed by atoms with Crippen molar-refractivity contribution in [2.24, 2.45) is 11.8 Å². The Morgan fingerprint density at radius 2 is 1.93 bits per heavy atom. The van der Waals surface area contributed by atoms with Gasteiger partial charge in [0.05, 0.1) is 12.0 Å². The normalized spacial score (nSPS) is 30.0. The number of nitrogens with one attached hydrogen (secondary N) is 2. The fraction of sp³-hybridized carbons (Fsp3) is 0.467. The second kappa shape index (κ2) is 10.1.